The molecule has 0 unspecified atom stereocenters. The monoisotopic (exact) mass is 290 g/mol. The first-order valence-electron chi connectivity index (χ1n) is 5.43. The Morgan fingerprint density at radius 1 is 1.47 bits per heavy atom. The summed E-state index contributed by atoms with van der Waals surface area (Å²) in [6.45, 7) is 4.13. The van der Waals surface area contributed by atoms with Crippen LogP contribution in [0.2, 0.25) is 10.0 Å². The third-order valence-corrected chi connectivity index (χ3v) is 3.77. The topological polar surface area (TPSA) is 38.4 Å². The Balaban J connectivity index is 2.58. The molecule has 5 heteroatoms. The van der Waals surface area contributed by atoms with Crippen LogP contribution < -0.4 is 5.73 Å². The first-order valence-corrected chi connectivity index (χ1v) is 7.17. The summed E-state index contributed by atoms with van der Waals surface area (Å²) in [7, 11) is 0. The van der Waals surface area contributed by atoms with Crippen molar-refractivity contribution in [2.24, 2.45) is 10.7 Å². The molecule has 2 N–H and O–H groups in total. The molecule has 1 rings (SSSR count). The number of nitrogens with zero attached hydrogens (tertiary/aromatic N) is 1. The molecule has 0 heterocycles. The number of rotatable bonds is 4. The molecule has 17 heavy (non-hydrogen) atoms. The van der Waals surface area contributed by atoms with Crippen molar-refractivity contribution >= 4 is 40.1 Å². The maximum Gasteiger partial charge on any atom is 0.154 e. The Kier molecular flexibility index (Phi) is 6.17. The standard InChI is InChI=1S/C12H16Cl2N2S/c1-3-8(2)16-12(15)17-7-9-4-5-10(13)6-11(9)14/h4-6,8H,3,7H2,1-2H3,(H2,15,16)/t8-/m1/s1. The molecule has 0 spiro atoms. The highest BCUT2D eigenvalue weighted by molar-refractivity contribution is 8.13. The van der Waals surface area contributed by atoms with Crippen LogP contribution in [0.4, 0.5) is 0 Å². The van der Waals surface area contributed by atoms with Gasteiger partial charge in [0.15, 0.2) is 5.17 Å². The van der Waals surface area contributed by atoms with Crippen LogP contribution >= 0.6 is 35.0 Å². The van der Waals surface area contributed by atoms with Gasteiger partial charge in [0.05, 0.1) is 0 Å². The summed E-state index contributed by atoms with van der Waals surface area (Å²) in [5.74, 6) is 0.710. The van der Waals surface area contributed by atoms with E-state index in [-0.39, 0.29) is 6.04 Å². The van der Waals surface area contributed by atoms with Crippen molar-refractivity contribution in [2.45, 2.75) is 32.1 Å². The number of nitrogens with two attached hydrogens (primary N) is 1. The minimum Gasteiger partial charge on any atom is -0.379 e. The number of hydrogen-bond acceptors (Lipinski definition) is 2. The van der Waals surface area contributed by atoms with Crippen molar-refractivity contribution in [3.8, 4) is 0 Å². The summed E-state index contributed by atoms with van der Waals surface area (Å²) in [6, 6.07) is 5.74. The van der Waals surface area contributed by atoms with E-state index < -0.39 is 0 Å². The highest BCUT2D eigenvalue weighted by Gasteiger charge is 2.04. The van der Waals surface area contributed by atoms with Gasteiger partial charge in [0.25, 0.3) is 0 Å². The fraction of sp³-hybridized carbons (Fsp3) is 0.417. The van der Waals surface area contributed by atoms with E-state index in [1.165, 1.54) is 11.8 Å². The van der Waals surface area contributed by atoms with Crippen LogP contribution in [0.1, 0.15) is 25.8 Å². The molecule has 0 amide bonds. The average Bonchev–Trinajstić information content (AvgIpc) is 2.27. The van der Waals surface area contributed by atoms with Gasteiger partial charge in [-0.15, -0.1) is 0 Å². The Morgan fingerprint density at radius 3 is 2.76 bits per heavy atom. The number of thioether (sulfide) groups is 1. The molecule has 1 aromatic rings. The molecule has 0 fully saturated rings. The van der Waals surface area contributed by atoms with Crippen LogP contribution in [-0.4, -0.2) is 11.2 Å². The van der Waals surface area contributed by atoms with Crippen molar-refractivity contribution in [3.63, 3.8) is 0 Å². The Hall–Kier alpha value is -0.380. The number of aliphatic imine (C=N–C) groups is 1. The minimum absolute atomic E-state index is 0.267. The van der Waals surface area contributed by atoms with Gasteiger partial charge >= 0.3 is 0 Å². The Labute approximate surface area is 117 Å². The lowest BCUT2D eigenvalue weighted by molar-refractivity contribution is 0.718. The van der Waals surface area contributed by atoms with Crippen molar-refractivity contribution in [3.05, 3.63) is 33.8 Å². The van der Waals surface area contributed by atoms with E-state index in [1.54, 1.807) is 6.07 Å². The summed E-state index contributed by atoms with van der Waals surface area (Å²) in [6.07, 6.45) is 0.989. The highest BCUT2D eigenvalue weighted by atomic mass is 35.5. The molecule has 1 atom stereocenters. The molecule has 0 aliphatic rings. The summed E-state index contributed by atoms with van der Waals surface area (Å²) >= 11 is 13.4. The molecule has 0 aliphatic heterocycles. The summed E-state index contributed by atoms with van der Waals surface area (Å²) < 4.78 is 0. The van der Waals surface area contributed by atoms with Crippen LogP contribution in [0.5, 0.6) is 0 Å². The third-order valence-electron chi connectivity index (χ3n) is 2.33. The first kappa shape index (κ1) is 14.7. The molecule has 1 aromatic carbocycles. The molecular weight excluding hydrogens is 275 g/mol. The van der Waals surface area contributed by atoms with E-state index in [9.17, 15) is 0 Å². The van der Waals surface area contributed by atoms with Crippen LogP contribution in [0.3, 0.4) is 0 Å². The Bertz CT molecular complexity index is 407. The van der Waals surface area contributed by atoms with Gasteiger partial charge in [-0.3, -0.25) is 4.99 Å². The summed E-state index contributed by atoms with van der Waals surface area (Å²) in [4.78, 5) is 4.35. The minimum atomic E-state index is 0.267. The third kappa shape index (κ3) is 5.19. The van der Waals surface area contributed by atoms with Gasteiger partial charge in [0, 0.05) is 21.8 Å². The second-order valence-electron chi connectivity index (χ2n) is 3.75. The number of halogens is 2. The van der Waals surface area contributed by atoms with E-state index in [1.807, 2.05) is 19.1 Å². The van der Waals surface area contributed by atoms with Gasteiger partial charge in [-0.1, -0.05) is 48.0 Å². The lowest BCUT2D eigenvalue weighted by atomic mass is 10.2. The largest absolute Gasteiger partial charge is 0.379 e. The zero-order chi connectivity index (χ0) is 12.8. The van der Waals surface area contributed by atoms with Gasteiger partial charge in [0.2, 0.25) is 0 Å². The fourth-order valence-corrected chi connectivity index (χ4v) is 2.50. The number of benzene rings is 1. The number of amidine groups is 1. The van der Waals surface area contributed by atoms with E-state index in [0.29, 0.717) is 21.0 Å². The molecule has 0 aromatic heterocycles. The predicted octanol–water partition coefficient (Wildman–Crippen LogP) is 4.34. The fourth-order valence-electron chi connectivity index (χ4n) is 1.14. The van der Waals surface area contributed by atoms with Crippen LogP contribution in [0.25, 0.3) is 0 Å². The van der Waals surface area contributed by atoms with Crippen LogP contribution in [0.15, 0.2) is 23.2 Å². The molecule has 0 saturated carbocycles. The van der Waals surface area contributed by atoms with Crippen LogP contribution in [-0.2, 0) is 5.75 Å². The normalized spacial score (nSPS) is 13.8. The molecule has 94 valence electrons. The van der Waals surface area contributed by atoms with Gasteiger partial charge in [-0.25, -0.2) is 0 Å². The van der Waals surface area contributed by atoms with E-state index in [4.69, 9.17) is 28.9 Å². The zero-order valence-corrected chi connectivity index (χ0v) is 12.2. The maximum atomic E-state index is 6.07. The van der Waals surface area contributed by atoms with Gasteiger partial charge in [-0.05, 0) is 31.0 Å². The lowest BCUT2D eigenvalue weighted by Crippen LogP contribution is -2.11. The molecule has 0 saturated heterocycles. The highest BCUT2D eigenvalue weighted by Crippen LogP contribution is 2.24. The molecule has 0 bridgehead atoms. The molecule has 2 nitrogen and oxygen atoms in total. The summed E-state index contributed by atoms with van der Waals surface area (Å²) in [5.41, 5.74) is 6.84. The van der Waals surface area contributed by atoms with Crippen molar-refractivity contribution < 1.29 is 0 Å². The van der Waals surface area contributed by atoms with E-state index in [2.05, 4.69) is 11.9 Å². The van der Waals surface area contributed by atoms with Gasteiger partial charge < -0.3 is 5.73 Å². The SMILES string of the molecule is CC[C@@H](C)N=C(N)SCc1ccc(Cl)cc1Cl. The molecular formula is C12H16Cl2N2S. The second kappa shape index (κ2) is 7.14. The van der Waals surface area contributed by atoms with Gasteiger partial charge in [-0.2, -0.15) is 0 Å². The predicted molar refractivity (Wildman–Crippen MR) is 79.1 cm³/mol. The molecule has 0 radical (unpaired) electrons. The van der Waals surface area contributed by atoms with Crippen molar-refractivity contribution in [2.75, 3.05) is 0 Å². The van der Waals surface area contributed by atoms with Crippen LogP contribution in [0, 0.1) is 0 Å². The first-order chi connectivity index (χ1) is 8.02. The lowest BCUT2D eigenvalue weighted by Gasteiger charge is -2.06. The van der Waals surface area contributed by atoms with Gasteiger partial charge in [0.1, 0.15) is 0 Å². The quantitative estimate of drug-likeness (QED) is 0.662. The zero-order valence-electron chi connectivity index (χ0n) is 9.91. The summed E-state index contributed by atoms with van der Waals surface area (Å²) in [5, 5.41) is 1.91. The number of hydrogen-bond donors (Lipinski definition) is 1. The second-order valence-corrected chi connectivity index (χ2v) is 5.59. The maximum absolute atomic E-state index is 6.07. The van der Waals surface area contributed by atoms with E-state index in [0.717, 1.165) is 12.0 Å². The Morgan fingerprint density at radius 2 is 2.18 bits per heavy atom. The van der Waals surface area contributed by atoms with Crippen molar-refractivity contribution in [1.82, 2.24) is 0 Å². The smallest absolute Gasteiger partial charge is 0.154 e. The van der Waals surface area contributed by atoms with Crippen molar-refractivity contribution in [1.29, 1.82) is 0 Å². The van der Waals surface area contributed by atoms with E-state index >= 15 is 0 Å². The average molecular weight is 291 g/mol. The molecule has 0 aliphatic carbocycles.